The highest BCUT2D eigenvalue weighted by atomic mass is 16.5. The SMILES string of the molecule is C=Cc1ccc(OCCCCCC2(c3ccccc3)c3ccccc3-c3ccc(N(c4ccc(-c5ccccc5)cc4)c4ccc(-c5ccc(N(c6ccc(-c7ccccc7)cc6)c6ccc7c(c6)C(CCCCCOc6ccc(C=C)cc6)(c6ccccc6)c6ccccc6-7)cc5)cc4)cc32)cc1. The second kappa shape index (κ2) is 30.1. The third-order valence-electron chi connectivity index (χ3n) is 21.5. The first kappa shape index (κ1) is 66.3. The fourth-order valence-electron chi connectivity index (χ4n) is 16.4. The molecular formula is C100H84N2O2. The Hall–Kier alpha value is -12.2. The molecule has 104 heavy (non-hydrogen) atoms. The van der Waals surface area contributed by atoms with Crippen LogP contribution in [-0.4, -0.2) is 13.2 Å². The molecule has 0 saturated carbocycles. The van der Waals surface area contributed by atoms with Gasteiger partial charge in [-0.2, -0.15) is 0 Å². The van der Waals surface area contributed by atoms with Crippen molar-refractivity contribution in [3.05, 3.63) is 410 Å². The van der Waals surface area contributed by atoms with E-state index in [0.29, 0.717) is 13.2 Å². The van der Waals surface area contributed by atoms with Crippen LogP contribution in [0.2, 0.25) is 0 Å². The minimum atomic E-state index is -0.374. The van der Waals surface area contributed by atoms with Crippen molar-refractivity contribution in [1.29, 1.82) is 0 Å². The molecule has 2 aliphatic carbocycles. The standard InChI is InChI=1S/C100H84N2O2/c1-3-73-39-61-89(62-40-73)103-69-25-9-23-67-99(81-31-15-7-16-32-81)95-37-21-19-35-91(95)93-65-59-87(71-97(93)99)101(83-51-43-77(44-52-83)75-27-11-5-12-28-75)85-55-47-79(48-56-85)80-49-57-86(58-50-80)102(84-53-45-78(46-54-84)76-29-13-6-14-30-76)88-60-66-94-92-36-20-22-38-96(92)100(98(94)72-88,82-33-17-8-18-34-82)68-24-10-26-70-104-90-63-41-74(4-2)42-64-90/h3-8,11-22,27-66,71-72H,1-2,9-10,23-26,67-70H2. The maximum absolute atomic E-state index is 6.26. The third-order valence-corrected chi connectivity index (χ3v) is 21.5. The minimum Gasteiger partial charge on any atom is -0.494 e. The van der Waals surface area contributed by atoms with Crippen LogP contribution < -0.4 is 19.3 Å². The van der Waals surface area contributed by atoms with Crippen LogP contribution >= 0.6 is 0 Å². The van der Waals surface area contributed by atoms with Gasteiger partial charge < -0.3 is 19.3 Å². The molecule has 4 heteroatoms. The molecule has 4 nitrogen and oxygen atoms in total. The van der Waals surface area contributed by atoms with E-state index < -0.39 is 0 Å². The molecule has 0 N–H and O–H groups in total. The van der Waals surface area contributed by atoms with E-state index in [1.807, 2.05) is 36.4 Å². The molecule has 0 aliphatic heterocycles. The molecule has 0 spiro atoms. The average molecular weight is 1350 g/mol. The average Bonchev–Trinajstić information content (AvgIpc) is 1.53. The largest absolute Gasteiger partial charge is 0.494 e. The first-order valence-corrected chi connectivity index (χ1v) is 36.9. The Labute approximate surface area is 613 Å². The Morgan fingerprint density at radius 2 is 0.538 bits per heavy atom. The molecule has 0 radical (unpaired) electrons. The Balaban J connectivity index is 0.733. The number of hydrogen-bond donors (Lipinski definition) is 0. The van der Waals surface area contributed by atoms with Gasteiger partial charge in [0.1, 0.15) is 11.5 Å². The van der Waals surface area contributed by atoms with Crippen LogP contribution in [0.4, 0.5) is 34.1 Å². The Morgan fingerprint density at radius 1 is 0.250 bits per heavy atom. The van der Waals surface area contributed by atoms with Gasteiger partial charge in [0, 0.05) is 45.0 Å². The first-order chi connectivity index (χ1) is 51.4. The maximum atomic E-state index is 6.26. The summed E-state index contributed by atoms with van der Waals surface area (Å²) in [6.07, 6.45) is 11.7. The number of fused-ring (bicyclic) bond motifs is 6. The van der Waals surface area contributed by atoms with E-state index in [4.69, 9.17) is 9.47 Å². The van der Waals surface area contributed by atoms with E-state index in [9.17, 15) is 0 Å². The summed E-state index contributed by atoms with van der Waals surface area (Å²) in [6.45, 7) is 9.18. The minimum absolute atomic E-state index is 0.374. The lowest BCUT2D eigenvalue weighted by molar-refractivity contribution is 0.303. The van der Waals surface area contributed by atoms with Gasteiger partial charge in [0.25, 0.3) is 0 Å². The molecule has 2 aliphatic rings. The van der Waals surface area contributed by atoms with Crippen molar-refractivity contribution in [2.24, 2.45) is 0 Å². The highest BCUT2D eigenvalue weighted by Gasteiger charge is 2.46. The number of ether oxygens (including phenoxy) is 2. The van der Waals surface area contributed by atoms with Crippen LogP contribution in [0.3, 0.4) is 0 Å². The van der Waals surface area contributed by atoms with Gasteiger partial charge in [-0.3, -0.25) is 0 Å². The lowest BCUT2D eigenvalue weighted by Gasteiger charge is -2.34. The van der Waals surface area contributed by atoms with Gasteiger partial charge in [0.2, 0.25) is 0 Å². The summed E-state index contributed by atoms with van der Waals surface area (Å²) in [5, 5.41) is 0. The molecule has 16 rings (SSSR count). The predicted molar refractivity (Wildman–Crippen MR) is 437 cm³/mol. The number of unbranched alkanes of at least 4 members (excludes halogenated alkanes) is 4. The summed E-state index contributed by atoms with van der Waals surface area (Å²) >= 11 is 0. The molecule has 0 fully saturated rings. The summed E-state index contributed by atoms with van der Waals surface area (Å²) in [6, 6.07) is 130. The lowest BCUT2D eigenvalue weighted by atomic mass is 9.69. The molecule has 14 aromatic rings. The molecule has 2 atom stereocenters. The van der Waals surface area contributed by atoms with Gasteiger partial charge in [-0.15, -0.1) is 0 Å². The fraction of sp³-hybridized carbons (Fsp3) is 0.120. The molecule has 506 valence electrons. The highest BCUT2D eigenvalue weighted by molar-refractivity contribution is 5.91. The Kier molecular flexibility index (Phi) is 19.2. The zero-order chi connectivity index (χ0) is 70.1. The topological polar surface area (TPSA) is 24.9 Å². The van der Waals surface area contributed by atoms with Crippen molar-refractivity contribution in [1.82, 2.24) is 0 Å². The van der Waals surface area contributed by atoms with E-state index in [2.05, 4.69) is 351 Å². The van der Waals surface area contributed by atoms with Crippen molar-refractivity contribution >= 4 is 46.3 Å². The van der Waals surface area contributed by atoms with E-state index in [-0.39, 0.29) is 10.8 Å². The lowest BCUT2D eigenvalue weighted by Crippen LogP contribution is -2.27. The van der Waals surface area contributed by atoms with Crippen LogP contribution in [0.25, 0.3) is 67.8 Å². The second-order valence-corrected chi connectivity index (χ2v) is 27.5. The van der Waals surface area contributed by atoms with Crippen LogP contribution in [0.15, 0.2) is 365 Å². The maximum Gasteiger partial charge on any atom is 0.119 e. The third kappa shape index (κ3) is 13.2. The summed E-state index contributed by atoms with van der Waals surface area (Å²) in [5.41, 5.74) is 28.2. The molecule has 0 saturated heterocycles. The number of anilines is 6. The van der Waals surface area contributed by atoms with Crippen molar-refractivity contribution in [3.8, 4) is 67.1 Å². The molecule has 0 amide bonds. The Bertz CT molecular complexity index is 4920. The summed E-state index contributed by atoms with van der Waals surface area (Å²) < 4.78 is 12.5. The van der Waals surface area contributed by atoms with E-state index in [1.165, 1.54) is 77.9 Å². The number of hydrogen-bond acceptors (Lipinski definition) is 4. The molecule has 0 aromatic heterocycles. The number of nitrogens with zero attached hydrogens (tertiary/aromatic N) is 2. The zero-order valence-corrected chi connectivity index (χ0v) is 58.8. The predicted octanol–water partition coefficient (Wildman–Crippen LogP) is 26.8. The normalized spacial score (nSPS) is 14.5. The van der Waals surface area contributed by atoms with Gasteiger partial charge in [-0.25, -0.2) is 0 Å². The van der Waals surface area contributed by atoms with Crippen LogP contribution in [0, 0.1) is 0 Å². The number of rotatable bonds is 27. The van der Waals surface area contributed by atoms with Gasteiger partial charge in [-0.05, 0) is 223 Å². The number of benzene rings is 14. The van der Waals surface area contributed by atoms with Crippen molar-refractivity contribution in [2.75, 3.05) is 23.0 Å². The van der Waals surface area contributed by atoms with Gasteiger partial charge in [0.15, 0.2) is 0 Å². The summed E-state index contributed by atoms with van der Waals surface area (Å²) in [7, 11) is 0. The fourth-order valence-corrected chi connectivity index (χ4v) is 16.4. The zero-order valence-electron chi connectivity index (χ0n) is 58.8. The molecule has 14 aromatic carbocycles. The molecule has 0 bridgehead atoms. The van der Waals surface area contributed by atoms with Crippen molar-refractivity contribution < 1.29 is 9.47 Å². The summed E-state index contributed by atoms with van der Waals surface area (Å²) in [4.78, 5) is 4.90. The van der Waals surface area contributed by atoms with E-state index in [1.54, 1.807) is 0 Å². The molecular weight excluding hydrogens is 1260 g/mol. The van der Waals surface area contributed by atoms with Crippen molar-refractivity contribution in [2.45, 2.75) is 62.2 Å². The van der Waals surface area contributed by atoms with Crippen molar-refractivity contribution in [3.63, 3.8) is 0 Å². The van der Waals surface area contributed by atoms with Gasteiger partial charge in [-0.1, -0.05) is 306 Å². The van der Waals surface area contributed by atoms with Gasteiger partial charge in [0.05, 0.1) is 13.2 Å². The highest BCUT2D eigenvalue weighted by Crippen LogP contribution is 2.59. The van der Waals surface area contributed by atoms with Gasteiger partial charge >= 0.3 is 0 Å². The van der Waals surface area contributed by atoms with Crippen LogP contribution in [0.1, 0.15) is 95.9 Å². The second-order valence-electron chi connectivity index (χ2n) is 27.5. The van der Waals surface area contributed by atoms with Crippen LogP contribution in [0.5, 0.6) is 11.5 Å². The monoisotopic (exact) mass is 1340 g/mol. The molecule has 2 unspecified atom stereocenters. The summed E-state index contributed by atoms with van der Waals surface area (Å²) in [5.74, 6) is 1.79. The first-order valence-electron chi connectivity index (χ1n) is 36.9. The van der Waals surface area contributed by atoms with E-state index in [0.717, 1.165) is 119 Å². The smallest absolute Gasteiger partial charge is 0.119 e. The van der Waals surface area contributed by atoms with Crippen LogP contribution in [-0.2, 0) is 10.8 Å². The molecule has 0 heterocycles. The quantitative estimate of drug-likeness (QED) is 0.0479. The Morgan fingerprint density at radius 3 is 0.875 bits per heavy atom. The van der Waals surface area contributed by atoms with E-state index >= 15 is 0 Å².